The first-order valence-corrected chi connectivity index (χ1v) is 8.52. The zero-order chi connectivity index (χ0) is 13.8. The Kier molecular flexibility index (Phi) is 5.70. The summed E-state index contributed by atoms with van der Waals surface area (Å²) in [6.07, 6.45) is 9.99. The van der Waals surface area contributed by atoms with Crippen molar-refractivity contribution in [2.75, 3.05) is 13.6 Å². The van der Waals surface area contributed by atoms with E-state index in [9.17, 15) is 0 Å². The highest BCUT2D eigenvalue weighted by Gasteiger charge is 2.32. The second-order valence-electron chi connectivity index (χ2n) is 7.51. The standard InChI is InChI=1S/C17H34N2/c1-13(2)11-14(3)19(4)12-16-10-9-15-7-5-6-8-17(15)18-16/h13-18H,5-12H2,1-4H3. The maximum absolute atomic E-state index is 3.95. The van der Waals surface area contributed by atoms with Gasteiger partial charge in [0.1, 0.15) is 0 Å². The zero-order valence-corrected chi connectivity index (χ0v) is 13.5. The number of rotatable bonds is 5. The SMILES string of the molecule is CC(C)CC(C)N(C)CC1CCC2CCCCC2N1. The van der Waals surface area contributed by atoms with E-state index in [1.165, 1.54) is 51.5 Å². The summed E-state index contributed by atoms with van der Waals surface area (Å²) in [4.78, 5) is 2.57. The molecule has 0 radical (unpaired) electrons. The largest absolute Gasteiger partial charge is 0.310 e. The molecular weight excluding hydrogens is 232 g/mol. The van der Waals surface area contributed by atoms with Gasteiger partial charge in [-0.1, -0.05) is 26.7 Å². The molecule has 1 aliphatic carbocycles. The monoisotopic (exact) mass is 266 g/mol. The van der Waals surface area contributed by atoms with Crippen LogP contribution in [-0.4, -0.2) is 36.6 Å². The fraction of sp³-hybridized carbons (Fsp3) is 1.00. The van der Waals surface area contributed by atoms with Gasteiger partial charge in [0.25, 0.3) is 0 Å². The molecular formula is C17H34N2. The van der Waals surface area contributed by atoms with Crippen LogP contribution in [-0.2, 0) is 0 Å². The Morgan fingerprint density at radius 3 is 2.53 bits per heavy atom. The number of nitrogens with zero attached hydrogens (tertiary/aromatic N) is 1. The zero-order valence-electron chi connectivity index (χ0n) is 13.5. The topological polar surface area (TPSA) is 15.3 Å². The molecule has 0 aromatic heterocycles. The molecule has 0 amide bonds. The Hall–Kier alpha value is -0.0800. The van der Waals surface area contributed by atoms with Crippen LogP contribution in [0.4, 0.5) is 0 Å². The van der Waals surface area contributed by atoms with Gasteiger partial charge in [-0.3, -0.25) is 0 Å². The van der Waals surface area contributed by atoms with E-state index in [2.05, 4.69) is 38.0 Å². The lowest BCUT2D eigenvalue weighted by Gasteiger charge is -2.42. The summed E-state index contributed by atoms with van der Waals surface area (Å²) in [5.41, 5.74) is 0. The molecule has 2 aliphatic rings. The van der Waals surface area contributed by atoms with Gasteiger partial charge in [0.2, 0.25) is 0 Å². The Morgan fingerprint density at radius 1 is 1.05 bits per heavy atom. The first kappa shape index (κ1) is 15.3. The first-order chi connectivity index (χ1) is 9.06. The van der Waals surface area contributed by atoms with Crippen LogP contribution in [0.2, 0.25) is 0 Å². The van der Waals surface area contributed by atoms with Crippen molar-refractivity contribution in [3.63, 3.8) is 0 Å². The Labute approximate surface area is 120 Å². The van der Waals surface area contributed by atoms with Crippen LogP contribution in [0.3, 0.4) is 0 Å². The molecule has 4 unspecified atom stereocenters. The second-order valence-corrected chi connectivity index (χ2v) is 7.51. The van der Waals surface area contributed by atoms with Gasteiger partial charge in [0, 0.05) is 24.7 Å². The minimum absolute atomic E-state index is 0.714. The van der Waals surface area contributed by atoms with Crippen LogP contribution in [0.1, 0.15) is 65.7 Å². The molecule has 0 bridgehead atoms. The van der Waals surface area contributed by atoms with Crippen molar-refractivity contribution in [2.24, 2.45) is 11.8 Å². The normalized spacial score (nSPS) is 33.5. The van der Waals surface area contributed by atoms with Crippen molar-refractivity contribution in [1.29, 1.82) is 0 Å². The molecule has 0 aromatic carbocycles. The van der Waals surface area contributed by atoms with Crippen molar-refractivity contribution in [3.05, 3.63) is 0 Å². The number of likely N-dealkylation sites (N-methyl/N-ethyl adjacent to an activating group) is 1. The van der Waals surface area contributed by atoms with E-state index in [4.69, 9.17) is 0 Å². The molecule has 1 aliphatic heterocycles. The molecule has 0 spiro atoms. The molecule has 2 rings (SSSR count). The molecule has 2 heteroatoms. The van der Waals surface area contributed by atoms with Crippen LogP contribution >= 0.6 is 0 Å². The smallest absolute Gasteiger partial charge is 0.0197 e. The molecule has 1 saturated carbocycles. The maximum atomic E-state index is 3.95. The van der Waals surface area contributed by atoms with Crippen LogP contribution in [0, 0.1) is 11.8 Å². The second kappa shape index (κ2) is 7.08. The predicted molar refractivity (Wildman–Crippen MR) is 83.5 cm³/mol. The maximum Gasteiger partial charge on any atom is 0.0197 e. The molecule has 4 atom stereocenters. The van der Waals surface area contributed by atoms with Gasteiger partial charge in [-0.2, -0.15) is 0 Å². The van der Waals surface area contributed by atoms with E-state index in [0.717, 1.165) is 23.9 Å². The third-order valence-corrected chi connectivity index (χ3v) is 5.32. The number of hydrogen-bond acceptors (Lipinski definition) is 2. The fourth-order valence-electron chi connectivity index (χ4n) is 4.11. The van der Waals surface area contributed by atoms with E-state index in [-0.39, 0.29) is 0 Å². The molecule has 2 fully saturated rings. The van der Waals surface area contributed by atoms with Crippen molar-refractivity contribution in [3.8, 4) is 0 Å². The van der Waals surface area contributed by atoms with Crippen LogP contribution in [0.15, 0.2) is 0 Å². The molecule has 0 aromatic rings. The number of fused-ring (bicyclic) bond motifs is 1. The van der Waals surface area contributed by atoms with Gasteiger partial charge in [0.05, 0.1) is 0 Å². The highest BCUT2D eigenvalue weighted by atomic mass is 15.2. The van der Waals surface area contributed by atoms with Gasteiger partial charge in [-0.15, -0.1) is 0 Å². The number of piperidine rings is 1. The summed E-state index contributed by atoms with van der Waals surface area (Å²) in [6, 6.07) is 2.28. The van der Waals surface area contributed by atoms with Gasteiger partial charge in [0.15, 0.2) is 0 Å². The van der Waals surface area contributed by atoms with Crippen molar-refractivity contribution < 1.29 is 0 Å². The predicted octanol–water partition coefficient (Wildman–Crippen LogP) is 3.66. The van der Waals surface area contributed by atoms with Crippen molar-refractivity contribution >= 4 is 0 Å². The molecule has 112 valence electrons. The molecule has 19 heavy (non-hydrogen) atoms. The Morgan fingerprint density at radius 2 is 1.79 bits per heavy atom. The van der Waals surface area contributed by atoms with E-state index >= 15 is 0 Å². The highest BCUT2D eigenvalue weighted by molar-refractivity contribution is 4.90. The average Bonchev–Trinajstić information content (AvgIpc) is 2.37. The van der Waals surface area contributed by atoms with Gasteiger partial charge in [-0.05, 0) is 57.9 Å². The molecule has 1 saturated heterocycles. The lowest BCUT2D eigenvalue weighted by Crippen LogP contribution is -2.53. The fourth-order valence-corrected chi connectivity index (χ4v) is 4.11. The van der Waals surface area contributed by atoms with Crippen molar-refractivity contribution in [1.82, 2.24) is 10.2 Å². The third kappa shape index (κ3) is 4.46. The van der Waals surface area contributed by atoms with E-state index in [1.807, 2.05) is 0 Å². The Bertz CT molecular complexity index is 264. The minimum Gasteiger partial charge on any atom is -0.310 e. The Balaban J connectivity index is 1.76. The van der Waals surface area contributed by atoms with E-state index in [0.29, 0.717) is 6.04 Å². The van der Waals surface area contributed by atoms with Crippen molar-refractivity contribution in [2.45, 2.75) is 83.8 Å². The lowest BCUT2D eigenvalue weighted by atomic mass is 9.77. The van der Waals surface area contributed by atoms with Crippen LogP contribution in [0.25, 0.3) is 0 Å². The quantitative estimate of drug-likeness (QED) is 0.817. The summed E-state index contributed by atoms with van der Waals surface area (Å²) < 4.78 is 0. The summed E-state index contributed by atoms with van der Waals surface area (Å²) >= 11 is 0. The van der Waals surface area contributed by atoms with E-state index < -0.39 is 0 Å². The van der Waals surface area contributed by atoms with E-state index in [1.54, 1.807) is 0 Å². The highest BCUT2D eigenvalue weighted by Crippen LogP contribution is 2.32. The van der Waals surface area contributed by atoms with Gasteiger partial charge in [-0.25, -0.2) is 0 Å². The third-order valence-electron chi connectivity index (χ3n) is 5.32. The van der Waals surface area contributed by atoms with Crippen LogP contribution < -0.4 is 5.32 Å². The van der Waals surface area contributed by atoms with Gasteiger partial charge >= 0.3 is 0 Å². The lowest BCUT2D eigenvalue weighted by molar-refractivity contribution is 0.135. The average molecular weight is 266 g/mol. The summed E-state index contributed by atoms with van der Waals surface area (Å²) in [7, 11) is 2.31. The molecule has 1 heterocycles. The molecule has 1 N–H and O–H groups in total. The first-order valence-electron chi connectivity index (χ1n) is 8.52. The van der Waals surface area contributed by atoms with Gasteiger partial charge < -0.3 is 10.2 Å². The summed E-state index contributed by atoms with van der Waals surface area (Å²) in [5, 5.41) is 3.95. The van der Waals surface area contributed by atoms with Crippen LogP contribution in [0.5, 0.6) is 0 Å². The molecule has 2 nitrogen and oxygen atoms in total. The minimum atomic E-state index is 0.714. The summed E-state index contributed by atoms with van der Waals surface area (Å²) in [5.74, 6) is 1.79. The number of nitrogens with one attached hydrogen (secondary N) is 1. The number of hydrogen-bond donors (Lipinski definition) is 1. The summed E-state index contributed by atoms with van der Waals surface area (Å²) in [6.45, 7) is 8.27.